The SMILES string of the molecule is O=C(CN1CSCC1=O)NCc1ccc(Cn2cccn2)cc1. The maximum absolute atomic E-state index is 11.9. The number of benzene rings is 1. The number of thioether (sulfide) groups is 1. The Kier molecular flexibility index (Phi) is 4.97. The van der Waals surface area contributed by atoms with Gasteiger partial charge in [0.15, 0.2) is 0 Å². The van der Waals surface area contributed by atoms with Gasteiger partial charge in [0.05, 0.1) is 18.2 Å². The normalized spacial score (nSPS) is 14.3. The molecule has 1 fully saturated rings. The number of nitrogens with zero attached hydrogens (tertiary/aromatic N) is 3. The van der Waals surface area contributed by atoms with E-state index in [2.05, 4.69) is 10.4 Å². The highest BCUT2D eigenvalue weighted by Gasteiger charge is 2.22. The van der Waals surface area contributed by atoms with Gasteiger partial charge in [-0.25, -0.2) is 0 Å². The van der Waals surface area contributed by atoms with E-state index in [4.69, 9.17) is 0 Å². The molecule has 1 N–H and O–H groups in total. The van der Waals surface area contributed by atoms with Crippen molar-refractivity contribution in [3.8, 4) is 0 Å². The summed E-state index contributed by atoms with van der Waals surface area (Å²) in [5, 5.41) is 7.03. The van der Waals surface area contributed by atoms with Crippen molar-refractivity contribution in [3.63, 3.8) is 0 Å². The second-order valence-corrected chi connectivity index (χ2v) is 6.32. The molecule has 7 heteroatoms. The molecule has 2 aromatic rings. The summed E-state index contributed by atoms with van der Waals surface area (Å²) in [6.45, 7) is 1.34. The largest absolute Gasteiger partial charge is 0.350 e. The summed E-state index contributed by atoms with van der Waals surface area (Å²) < 4.78 is 1.86. The van der Waals surface area contributed by atoms with Gasteiger partial charge in [0.2, 0.25) is 11.8 Å². The zero-order valence-electron chi connectivity index (χ0n) is 12.6. The number of hydrogen-bond acceptors (Lipinski definition) is 4. The van der Waals surface area contributed by atoms with Crippen molar-refractivity contribution in [3.05, 3.63) is 53.9 Å². The number of carbonyl (C=O) groups is 2. The smallest absolute Gasteiger partial charge is 0.239 e. The van der Waals surface area contributed by atoms with Crippen LogP contribution in [0.4, 0.5) is 0 Å². The average molecular weight is 330 g/mol. The second-order valence-electron chi connectivity index (χ2n) is 5.37. The summed E-state index contributed by atoms with van der Waals surface area (Å²) in [5.74, 6) is 0.994. The summed E-state index contributed by atoms with van der Waals surface area (Å²) in [5.41, 5.74) is 2.19. The topological polar surface area (TPSA) is 67.2 Å². The fraction of sp³-hybridized carbons (Fsp3) is 0.312. The Morgan fingerprint density at radius 2 is 2.04 bits per heavy atom. The molecule has 0 aliphatic carbocycles. The van der Waals surface area contributed by atoms with Crippen LogP contribution in [0.1, 0.15) is 11.1 Å². The minimum absolute atomic E-state index is 0.0353. The number of amides is 2. The summed E-state index contributed by atoms with van der Waals surface area (Å²) in [6.07, 6.45) is 3.68. The number of rotatable bonds is 6. The van der Waals surface area contributed by atoms with Crippen molar-refractivity contribution in [1.82, 2.24) is 20.0 Å². The first-order valence-electron chi connectivity index (χ1n) is 7.38. The fourth-order valence-corrected chi connectivity index (χ4v) is 3.22. The molecule has 0 saturated carbocycles. The van der Waals surface area contributed by atoms with Gasteiger partial charge in [0.25, 0.3) is 0 Å². The molecular formula is C16H18N4O2S. The molecule has 0 atom stereocenters. The van der Waals surface area contributed by atoms with Gasteiger partial charge in [-0.05, 0) is 17.2 Å². The number of carbonyl (C=O) groups excluding carboxylic acids is 2. The van der Waals surface area contributed by atoms with Gasteiger partial charge in [0.1, 0.15) is 6.54 Å². The molecule has 2 amide bonds. The maximum atomic E-state index is 11.9. The van der Waals surface area contributed by atoms with E-state index in [0.717, 1.165) is 17.7 Å². The summed E-state index contributed by atoms with van der Waals surface area (Å²) in [4.78, 5) is 24.9. The Morgan fingerprint density at radius 1 is 1.26 bits per heavy atom. The highest BCUT2D eigenvalue weighted by atomic mass is 32.2. The van der Waals surface area contributed by atoms with Crippen LogP contribution in [0.3, 0.4) is 0 Å². The molecule has 1 aliphatic heterocycles. The molecule has 0 unspecified atom stereocenters. The molecule has 1 saturated heterocycles. The minimum atomic E-state index is -0.124. The Bertz CT molecular complexity index is 670. The van der Waals surface area contributed by atoms with E-state index in [-0.39, 0.29) is 18.4 Å². The lowest BCUT2D eigenvalue weighted by Gasteiger charge is -2.14. The van der Waals surface area contributed by atoms with Crippen molar-refractivity contribution >= 4 is 23.6 Å². The van der Waals surface area contributed by atoms with Crippen molar-refractivity contribution in [2.75, 3.05) is 18.2 Å². The molecule has 23 heavy (non-hydrogen) atoms. The van der Waals surface area contributed by atoms with Crippen LogP contribution in [0.2, 0.25) is 0 Å². The number of aromatic nitrogens is 2. The van der Waals surface area contributed by atoms with Gasteiger partial charge >= 0.3 is 0 Å². The molecule has 3 rings (SSSR count). The van der Waals surface area contributed by atoms with Gasteiger partial charge in [0, 0.05) is 18.9 Å². The highest BCUT2D eigenvalue weighted by Crippen LogP contribution is 2.14. The van der Waals surface area contributed by atoms with E-state index in [1.807, 2.05) is 41.2 Å². The molecule has 0 bridgehead atoms. The first kappa shape index (κ1) is 15.6. The van der Waals surface area contributed by atoms with E-state index in [1.165, 1.54) is 11.8 Å². The van der Waals surface area contributed by atoms with E-state index in [0.29, 0.717) is 18.2 Å². The molecular weight excluding hydrogens is 312 g/mol. The Hall–Kier alpha value is -2.28. The lowest BCUT2D eigenvalue weighted by atomic mass is 10.1. The van der Waals surface area contributed by atoms with Gasteiger partial charge in [-0.15, -0.1) is 11.8 Å². The summed E-state index contributed by atoms with van der Waals surface area (Å²) in [6, 6.07) is 9.95. The van der Waals surface area contributed by atoms with Crippen LogP contribution >= 0.6 is 11.8 Å². The maximum Gasteiger partial charge on any atom is 0.239 e. The zero-order valence-corrected chi connectivity index (χ0v) is 13.5. The average Bonchev–Trinajstić information content (AvgIpc) is 3.19. The van der Waals surface area contributed by atoms with Gasteiger partial charge < -0.3 is 10.2 Å². The first-order chi connectivity index (χ1) is 11.2. The predicted molar refractivity (Wildman–Crippen MR) is 88.7 cm³/mol. The van der Waals surface area contributed by atoms with Gasteiger partial charge in [-0.2, -0.15) is 5.10 Å². The Labute approximate surface area is 138 Å². The van der Waals surface area contributed by atoms with Crippen LogP contribution in [0, 0.1) is 0 Å². The van der Waals surface area contributed by atoms with Crippen LogP contribution in [-0.2, 0) is 22.7 Å². The van der Waals surface area contributed by atoms with E-state index in [1.54, 1.807) is 11.1 Å². The standard InChI is InChI=1S/C16H18N4O2S/c21-15(10-19-12-23-11-16(19)22)17-8-13-2-4-14(5-3-13)9-20-7-1-6-18-20/h1-7H,8-12H2,(H,17,21). The van der Waals surface area contributed by atoms with Crippen LogP contribution in [0.5, 0.6) is 0 Å². The molecule has 0 radical (unpaired) electrons. The Balaban J connectivity index is 1.46. The third-order valence-electron chi connectivity index (χ3n) is 3.58. The Morgan fingerprint density at radius 3 is 2.70 bits per heavy atom. The molecule has 1 aliphatic rings. The third-order valence-corrected chi connectivity index (χ3v) is 4.52. The first-order valence-corrected chi connectivity index (χ1v) is 8.53. The van der Waals surface area contributed by atoms with E-state index >= 15 is 0 Å². The molecule has 1 aromatic heterocycles. The lowest BCUT2D eigenvalue weighted by Crippen LogP contribution is -2.37. The monoisotopic (exact) mass is 330 g/mol. The van der Waals surface area contributed by atoms with Crippen LogP contribution in [0.25, 0.3) is 0 Å². The molecule has 120 valence electrons. The summed E-state index contributed by atoms with van der Waals surface area (Å²) in [7, 11) is 0. The van der Waals surface area contributed by atoms with Crippen molar-refractivity contribution < 1.29 is 9.59 Å². The van der Waals surface area contributed by atoms with Crippen molar-refractivity contribution in [2.24, 2.45) is 0 Å². The fourth-order valence-electron chi connectivity index (χ4n) is 2.31. The molecule has 2 heterocycles. The number of hydrogen-bond donors (Lipinski definition) is 1. The second kappa shape index (κ2) is 7.32. The van der Waals surface area contributed by atoms with Gasteiger partial charge in [-0.1, -0.05) is 24.3 Å². The van der Waals surface area contributed by atoms with Crippen LogP contribution < -0.4 is 5.32 Å². The van der Waals surface area contributed by atoms with Crippen LogP contribution in [-0.4, -0.2) is 44.7 Å². The minimum Gasteiger partial charge on any atom is -0.350 e. The van der Waals surface area contributed by atoms with Crippen LogP contribution in [0.15, 0.2) is 42.7 Å². The predicted octanol–water partition coefficient (Wildman–Crippen LogP) is 1.08. The van der Waals surface area contributed by atoms with Crippen molar-refractivity contribution in [2.45, 2.75) is 13.1 Å². The molecule has 0 spiro atoms. The summed E-state index contributed by atoms with van der Waals surface area (Å²) >= 11 is 1.54. The van der Waals surface area contributed by atoms with Gasteiger partial charge in [-0.3, -0.25) is 14.3 Å². The third kappa shape index (κ3) is 4.35. The highest BCUT2D eigenvalue weighted by molar-refractivity contribution is 8.00. The van der Waals surface area contributed by atoms with E-state index in [9.17, 15) is 9.59 Å². The molecule has 6 nitrogen and oxygen atoms in total. The van der Waals surface area contributed by atoms with E-state index < -0.39 is 0 Å². The number of nitrogens with one attached hydrogen (secondary N) is 1. The zero-order chi connectivity index (χ0) is 16.1. The lowest BCUT2D eigenvalue weighted by molar-refractivity contribution is -0.132. The van der Waals surface area contributed by atoms with Crippen molar-refractivity contribution in [1.29, 1.82) is 0 Å². The quantitative estimate of drug-likeness (QED) is 0.861. The molecule has 1 aromatic carbocycles.